The molecule has 1 unspecified atom stereocenters. The summed E-state index contributed by atoms with van der Waals surface area (Å²) in [6.07, 6.45) is 45.5. The van der Waals surface area contributed by atoms with Crippen LogP contribution in [0.2, 0.25) is 0 Å². The zero-order valence-corrected chi connectivity index (χ0v) is 29.1. The summed E-state index contributed by atoms with van der Waals surface area (Å²) in [6, 6.07) is 0. The summed E-state index contributed by atoms with van der Waals surface area (Å²) in [5.74, 6) is -0.455. The molecule has 0 radical (unpaired) electrons. The van der Waals surface area contributed by atoms with E-state index in [9.17, 15) is 9.59 Å². The molecule has 5 heteroatoms. The van der Waals surface area contributed by atoms with E-state index in [1.54, 1.807) is 0 Å². The number of unbranched alkanes of at least 4 members (excludes halogenated alkanes) is 13. The van der Waals surface area contributed by atoms with Crippen LogP contribution in [0.1, 0.15) is 155 Å². The number of hydrogen-bond acceptors (Lipinski definition) is 4. The van der Waals surface area contributed by atoms with Crippen molar-refractivity contribution >= 4 is 23.5 Å². The van der Waals surface area contributed by atoms with Crippen LogP contribution in [0.3, 0.4) is 0 Å². The van der Waals surface area contributed by atoms with E-state index < -0.39 is 5.38 Å². The molecule has 0 saturated carbocycles. The second kappa shape index (κ2) is 35.4. The van der Waals surface area contributed by atoms with E-state index in [1.807, 2.05) is 0 Å². The molecule has 0 amide bonds. The molecule has 1 atom stereocenters. The molecule has 0 aromatic rings. The SMILES string of the molecule is CC/C=C\C/C=C\C/C=C\CCCCCCCC(=O)OCC(Cl)COC(=O)CCCCCCC/C=C\C/C=C\CCCCC. The third kappa shape index (κ3) is 34.4. The monoisotopic (exact) mass is 632 g/mol. The maximum atomic E-state index is 12.0. The van der Waals surface area contributed by atoms with E-state index in [-0.39, 0.29) is 25.2 Å². The summed E-state index contributed by atoms with van der Waals surface area (Å²) in [5.41, 5.74) is 0. The number of hydrogen-bond donors (Lipinski definition) is 0. The Hall–Kier alpha value is -2.07. The molecule has 0 aliphatic carbocycles. The number of carbonyl (C=O) groups is 2. The molecule has 0 aliphatic rings. The van der Waals surface area contributed by atoms with Crippen molar-refractivity contribution in [1.29, 1.82) is 0 Å². The number of carbonyl (C=O) groups excluding carboxylic acids is 2. The van der Waals surface area contributed by atoms with Crippen LogP contribution in [0, 0.1) is 0 Å². The van der Waals surface area contributed by atoms with Gasteiger partial charge in [0.15, 0.2) is 0 Å². The van der Waals surface area contributed by atoms with E-state index in [2.05, 4.69) is 74.6 Å². The fourth-order valence-electron chi connectivity index (χ4n) is 4.53. The zero-order valence-electron chi connectivity index (χ0n) is 28.3. The molecule has 0 saturated heterocycles. The molecule has 0 aliphatic heterocycles. The van der Waals surface area contributed by atoms with Gasteiger partial charge in [0.25, 0.3) is 0 Å². The first-order valence-corrected chi connectivity index (χ1v) is 18.2. The smallest absolute Gasteiger partial charge is 0.305 e. The zero-order chi connectivity index (χ0) is 32.2. The van der Waals surface area contributed by atoms with E-state index in [1.165, 1.54) is 51.4 Å². The molecule has 0 spiro atoms. The van der Waals surface area contributed by atoms with Crippen LogP contribution < -0.4 is 0 Å². The van der Waals surface area contributed by atoms with Crippen molar-refractivity contribution in [1.82, 2.24) is 0 Å². The summed E-state index contributed by atoms with van der Waals surface area (Å²) in [5, 5.41) is -0.506. The Labute approximate surface area is 276 Å². The highest BCUT2D eigenvalue weighted by Gasteiger charge is 2.12. The Morgan fingerprint density at radius 2 is 0.864 bits per heavy atom. The van der Waals surface area contributed by atoms with E-state index in [0.29, 0.717) is 12.8 Å². The third-order valence-electron chi connectivity index (χ3n) is 7.21. The topological polar surface area (TPSA) is 52.6 Å². The van der Waals surface area contributed by atoms with Crippen molar-refractivity contribution in [2.75, 3.05) is 13.2 Å². The molecular weight excluding hydrogens is 568 g/mol. The molecular formula is C39H65ClO4. The second-order valence-electron chi connectivity index (χ2n) is 11.5. The highest BCUT2D eigenvalue weighted by molar-refractivity contribution is 6.21. The first-order chi connectivity index (χ1) is 21.6. The van der Waals surface area contributed by atoms with Gasteiger partial charge in [-0.25, -0.2) is 0 Å². The van der Waals surface area contributed by atoms with Gasteiger partial charge in [-0.1, -0.05) is 126 Å². The van der Waals surface area contributed by atoms with Crippen molar-refractivity contribution in [2.45, 2.75) is 160 Å². The number of rotatable bonds is 31. The molecule has 252 valence electrons. The molecule has 0 fully saturated rings. The van der Waals surface area contributed by atoms with Gasteiger partial charge < -0.3 is 9.47 Å². The minimum Gasteiger partial charge on any atom is -0.464 e. The van der Waals surface area contributed by atoms with Crippen LogP contribution in [0.5, 0.6) is 0 Å². The van der Waals surface area contributed by atoms with E-state index in [0.717, 1.165) is 77.0 Å². The van der Waals surface area contributed by atoms with Gasteiger partial charge in [-0.15, -0.1) is 11.6 Å². The van der Waals surface area contributed by atoms with Crippen LogP contribution >= 0.6 is 11.6 Å². The summed E-state index contributed by atoms with van der Waals surface area (Å²) in [6.45, 7) is 4.54. The number of halogens is 1. The molecule has 44 heavy (non-hydrogen) atoms. The Kier molecular flexibility index (Phi) is 33.7. The lowest BCUT2D eigenvalue weighted by atomic mass is 10.1. The third-order valence-corrected chi connectivity index (χ3v) is 7.47. The van der Waals surface area contributed by atoms with Crippen molar-refractivity contribution in [3.8, 4) is 0 Å². The largest absolute Gasteiger partial charge is 0.464 e. The highest BCUT2D eigenvalue weighted by atomic mass is 35.5. The number of esters is 2. The maximum Gasteiger partial charge on any atom is 0.305 e. The minimum atomic E-state index is -0.506. The Bertz CT molecular complexity index is 796. The lowest BCUT2D eigenvalue weighted by Gasteiger charge is -2.11. The number of ether oxygens (including phenoxy) is 2. The lowest BCUT2D eigenvalue weighted by Crippen LogP contribution is -2.21. The predicted octanol–water partition coefficient (Wildman–Crippen LogP) is 12.1. The van der Waals surface area contributed by atoms with E-state index >= 15 is 0 Å². The Morgan fingerprint density at radius 1 is 0.500 bits per heavy atom. The molecule has 0 aromatic heterocycles. The average molecular weight is 633 g/mol. The van der Waals surface area contributed by atoms with Gasteiger partial charge >= 0.3 is 11.9 Å². The lowest BCUT2D eigenvalue weighted by molar-refractivity contribution is -0.146. The van der Waals surface area contributed by atoms with Gasteiger partial charge in [-0.05, 0) is 77.0 Å². The van der Waals surface area contributed by atoms with Gasteiger partial charge in [0.05, 0.1) is 0 Å². The van der Waals surface area contributed by atoms with Crippen LogP contribution in [0.15, 0.2) is 60.8 Å². The Morgan fingerprint density at radius 3 is 1.30 bits per heavy atom. The van der Waals surface area contributed by atoms with Crippen LogP contribution in [0.25, 0.3) is 0 Å². The van der Waals surface area contributed by atoms with Gasteiger partial charge in [0.2, 0.25) is 0 Å². The molecule has 4 nitrogen and oxygen atoms in total. The highest BCUT2D eigenvalue weighted by Crippen LogP contribution is 2.11. The fourth-order valence-corrected chi connectivity index (χ4v) is 4.65. The van der Waals surface area contributed by atoms with Crippen LogP contribution in [-0.4, -0.2) is 30.5 Å². The molecule has 0 N–H and O–H groups in total. The van der Waals surface area contributed by atoms with E-state index in [4.69, 9.17) is 21.1 Å². The quantitative estimate of drug-likeness (QED) is 0.0330. The normalized spacial score (nSPS) is 12.9. The van der Waals surface area contributed by atoms with Crippen molar-refractivity contribution in [2.24, 2.45) is 0 Å². The summed E-state index contributed by atoms with van der Waals surface area (Å²) < 4.78 is 10.5. The summed E-state index contributed by atoms with van der Waals surface area (Å²) in [4.78, 5) is 24.0. The second-order valence-corrected chi connectivity index (χ2v) is 12.2. The predicted molar refractivity (Wildman–Crippen MR) is 190 cm³/mol. The minimum absolute atomic E-state index is 0.0777. The van der Waals surface area contributed by atoms with Gasteiger partial charge in [0.1, 0.15) is 18.6 Å². The summed E-state index contributed by atoms with van der Waals surface area (Å²) >= 11 is 6.19. The fraction of sp³-hybridized carbons (Fsp3) is 0.692. The molecule has 0 heterocycles. The average Bonchev–Trinajstić information content (AvgIpc) is 3.02. The summed E-state index contributed by atoms with van der Waals surface area (Å²) in [7, 11) is 0. The molecule has 0 bridgehead atoms. The number of allylic oxidation sites excluding steroid dienone is 10. The van der Waals surface area contributed by atoms with Gasteiger partial charge in [-0.2, -0.15) is 0 Å². The molecule has 0 aromatic carbocycles. The van der Waals surface area contributed by atoms with Crippen molar-refractivity contribution in [3.05, 3.63) is 60.8 Å². The van der Waals surface area contributed by atoms with Gasteiger partial charge in [0, 0.05) is 12.8 Å². The van der Waals surface area contributed by atoms with Crippen LogP contribution in [0.4, 0.5) is 0 Å². The Balaban J connectivity index is 3.52. The standard InChI is InChI=1S/C39H65ClO4/c1-3-5-7-9-11-13-15-17-19-21-23-25-27-29-31-33-38(41)43-35-37(40)36-44-39(42)34-32-30-28-26-24-22-20-18-16-14-12-10-8-6-4-2/h5,7,11-14,17-20,37H,3-4,6,8-10,15-16,21-36H2,1-2H3/b7-5-,13-11-,14-12-,19-17-,20-18-. The number of alkyl halides is 1. The van der Waals surface area contributed by atoms with Crippen molar-refractivity contribution in [3.63, 3.8) is 0 Å². The van der Waals surface area contributed by atoms with Crippen molar-refractivity contribution < 1.29 is 19.1 Å². The first-order valence-electron chi connectivity index (χ1n) is 17.8. The first kappa shape index (κ1) is 41.9. The maximum absolute atomic E-state index is 12.0. The van der Waals surface area contributed by atoms with Crippen LogP contribution in [-0.2, 0) is 19.1 Å². The van der Waals surface area contributed by atoms with Gasteiger partial charge in [-0.3, -0.25) is 9.59 Å². The molecule has 0 rings (SSSR count).